The summed E-state index contributed by atoms with van der Waals surface area (Å²) in [5, 5.41) is 3.22. The van der Waals surface area contributed by atoms with Crippen LogP contribution in [-0.2, 0) is 4.79 Å². The SMILES string of the molecule is CCN1CCN(C(C)(C)CNC(=O)[C@@H](c2ccccc2C)N(C)C)CC1. The van der Waals surface area contributed by atoms with Crippen LogP contribution in [-0.4, -0.2) is 79.5 Å². The van der Waals surface area contributed by atoms with Gasteiger partial charge in [0.2, 0.25) is 5.91 Å². The second-order valence-corrected chi connectivity index (χ2v) is 8.17. The Bertz CT molecular complexity index is 591. The van der Waals surface area contributed by atoms with Gasteiger partial charge >= 0.3 is 0 Å². The maximum Gasteiger partial charge on any atom is 0.242 e. The van der Waals surface area contributed by atoms with Gasteiger partial charge in [-0.15, -0.1) is 0 Å². The third kappa shape index (κ3) is 5.06. The summed E-state index contributed by atoms with van der Waals surface area (Å²) >= 11 is 0. The summed E-state index contributed by atoms with van der Waals surface area (Å²) in [6.45, 7) is 14.9. The third-order valence-electron chi connectivity index (χ3n) is 5.62. The van der Waals surface area contributed by atoms with Gasteiger partial charge in [0.05, 0.1) is 0 Å². The molecular formula is C21H36N4O. The molecule has 1 saturated heterocycles. The van der Waals surface area contributed by atoms with E-state index in [4.69, 9.17) is 0 Å². The van der Waals surface area contributed by atoms with Crippen molar-refractivity contribution in [1.29, 1.82) is 0 Å². The van der Waals surface area contributed by atoms with Crippen molar-refractivity contribution < 1.29 is 4.79 Å². The molecule has 1 fully saturated rings. The zero-order valence-electron chi connectivity index (χ0n) is 17.4. The number of nitrogens with zero attached hydrogens (tertiary/aromatic N) is 3. The first kappa shape index (κ1) is 20.9. The Labute approximate surface area is 159 Å². The molecule has 0 unspecified atom stereocenters. The molecule has 1 heterocycles. The Morgan fingerprint density at radius 3 is 2.35 bits per heavy atom. The molecule has 5 nitrogen and oxygen atoms in total. The summed E-state index contributed by atoms with van der Waals surface area (Å²) in [6.07, 6.45) is 0. The average molecular weight is 361 g/mol. The number of benzene rings is 1. The lowest BCUT2D eigenvalue weighted by Crippen LogP contribution is -2.58. The van der Waals surface area contributed by atoms with E-state index < -0.39 is 0 Å². The molecule has 0 aromatic heterocycles. The van der Waals surface area contributed by atoms with Crippen LogP contribution in [0, 0.1) is 6.92 Å². The number of carbonyl (C=O) groups is 1. The van der Waals surface area contributed by atoms with Gasteiger partial charge in [0.15, 0.2) is 0 Å². The number of aryl methyl sites for hydroxylation is 1. The first-order chi connectivity index (χ1) is 12.3. The minimum absolute atomic E-state index is 0.0436. The topological polar surface area (TPSA) is 38.8 Å². The van der Waals surface area contributed by atoms with E-state index in [0.29, 0.717) is 6.54 Å². The van der Waals surface area contributed by atoms with Crippen LogP contribution in [0.2, 0.25) is 0 Å². The highest BCUT2D eigenvalue weighted by molar-refractivity contribution is 5.83. The van der Waals surface area contributed by atoms with Crippen LogP contribution in [0.5, 0.6) is 0 Å². The molecule has 1 aromatic rings. The number of likely N-dealkylation sites (N-methyl/N-ethyl adjacent to an activating group) is 2. The van der Waals surface area contributed by atoms with Crippen LogP contribution in [0.15, 0.2) is 24.3 Å². The van der Waals surface area contributed by atoms with Gasteiger partial charge < -0.3 is 10.2 Å². The number of hydrogen-bond acceptors (Lipinski definition) is 4. The zero-order valence-corrected chi connectivity index (χ0v) is 17.4. The summed E-state index contributed by atoms with van der Waals surface area (Å²) in [6, 6.07) is 7.88. The highest BCUT2D eigenvalue weighted by Gasteiger charge is 2.31. The molecule has 1 aliphatic heterocycles. The summed E-state index contributed by atoms with van der Waals surface area (Å²) in [5.74, 6) is 0.0737. The summed E-state index contributed by atoms with van der Waals surface area (Å²) < 4.78 is 0. The van der Waals surface area contributed by atoms with Crippen LogP contribution in [0.25, 0.3) is 0 Å². The molecule has 1 aromatic carbocycles. The fraction of sp³-hybridized carbons (Fsp3) is 0.667. The lowest BCUT2D eigenvalue weighted by molar-refractivity contribution is -0.126. The molecule has 0 radical (unpaired) electrons. The third-order valence-corrected chi connectivity index (χ3v) is 5.62. The van der Waals surface area contributed by atoms with Crippen LogP contribution in [0.1, 0.15) is 37.9 Å². The summed E-state index contributed by atoms with van der Waals surface area (Å²) in [5.41, 5.74) is 2.18. The van der Waals surface area contributed by atoms with Gasteiger partial charge in [0, 0.05) is 38.3 Å². The van der Waals surface area contributed by atoms with Crippen molar-refractivity contribution in [1.82, 2.24) is 20.0 Å². The molecule has 0 aliphatic carbocycles. The van der Waals surface area contributed by atoms with E-state index in [-0.39, 0.29) is 17.5 Å². The molecule has 1 atom stereocenters. The Kier molecular flexibility index (Phi) is 7.21. The molecule has 5 heteroatoms. The highest BCUT2D eigenvalue weighted by atomic mass is 16.2. The summed E-state index contributed by atoms with van der Waals surface area (Å²) in [4.78, 5) is 20.0. The normalized spacial score (nSPS) is 18.1. The zero-order chi connectivity index (χ0) is 19.3. The Balaban J connectivity index is 2.00. The largest absolute Gasteiger partial charge is 0.353 e. The quantitative estimate of drug-likeness (QED) is 0.809. The van der Waals surface area contributed by atoms with Crippen molar-refractivity contribution in [3.8, 4) is 0 Å². The van der Waals surface area contributed by atoms with Crippen molar-refractivity contribution in [3.63, 3.8) is 0 Å². The number of piperazine rings is 1. The second-order valence-electron chi connectivity index (χ2n) is 8.17. The molecule has 1 aliphatic rings. The van der Waals surface area contributed by atoms with Gasteiger partial charge in [0.1, 0.15) is 6.04 Å². The number of carbonyl (C=O) groups excluding carboxylic acids is 1. The number of amides is 1. The maximum absolute atomic E-state index is 13.0. The van der Waals surface area contributed by atoms with Crippen molar-refractivity contribution in [2.45, 2.75) is 39.3 Å². The Morgan fingerprint density at radius 1 is 1.19 bits per heavy atom. The molecule has 0 bridgehead atoms. The molecule has 2 rings (SSSR count). The van der Waals surface area contributed by atoms with Gasteiger partial charge in [0.25, 0.3) is 0 Å². The second kappa shape index (κ2) is 8.98. The van der Waals surface area contributed by atoms with Gasteiger partial charge in [-0.2, -0.15) is 0 Å². The molecule has 1 amide bonds. The first-order valence-electron chi connectivity index (χ1n) is 9.73. The lowest BCUT2D eigenvalue weighted by atomic mass is 9.98. The van der Waals surface area contributed by atoms with Gasteiger partial charge in [-0.05, 0) is 52.5 Å². The maximum atomic E-state index is 13.0. The molecule has 26 heavy (non-hydrogen) atoms. The van der Waals surface area contributed by atoms with E-state index in [2.05, 4.69) is 54.9 Å². The smallest absolute Gasteiger partial charge is 0.242 e. The molecule has 146 valence electrons. The van der Waals surface area contributed by atoms with E-state index in [1.165, 1.54) is 0 Å². The van der Waals surface area contributed by atoms with Gasteiger partial charge in [-0.25, -0.2) is 0 Å². The number of hydrogen-bond donors (Lipinski definition) is 1. The minimum atomic E-state index is -0.260. The van der Waals surface area contributed by atoms with Crippen molar-refractivity contribution >= 4 is 5.91 Å². The standard InChI is InChI=1S/C21H36N4O/c1-7-24-12-14-25(15-13-24)21(3,4)16-22-20(26)19(23(5)6)18-11-9-8-10-17(18)2/h8-11,19H,7,12-16H2,1-6H3,(H,22,26)/t19-/m1/s1. The van der Waals surface area contributed by atoms with E-state index in [1.807, 2.05) is 31.1 Å². The van der Waals surface area contributed by atoms with Gasteiger partial charge in [-0.3, -0.25) is 14.6 Å². The number of nitrogens with one attached hydrogen (secondary N) is 1. The fourth-order valence-electron chi connectivity index (χ4n) is 3.73. The van der Waals surface area contributed by atoms with Crippen LogP contribution < -0.4 is 5.32 Å². The predicted octanol–water partition coefficient (Wildman–Crippen LogP) is 2.13. The highest BCUT2D eigenvalue weighted by Crippen LogP contribution is 2.23. The molecule has 0 saturated carbocycles. The van der Waals surface area contributed by atoms with Crippen molar-refractivity contribution in [3.05, 3.63) is 35.4 Å². The van der Waals surface area contributed by atoms with E-state index in [0.717, 1.165) is 43.9 Å². The number of rotatable bonds is 7. The van der Waals surface area contributed by atoms with E-state index >= 15 is 0 Å². The monoisotopic (exact) mass is 360 g/mol. The summed E-state index contributed by atoms with van der Waals surface area (Å²) in [7, 11) is 3.93. The Morgan fingerprint density at radius 2 is 1.81 bits per heavy atom. The average Bonchev–Trinajstić information content (AvgIpc) is 2.61. The lowest BCUT2D eigenvalue weighted by Gasteiger charge is -2.44. The Hall–Kier alpha value is -1.43. The van der Waals surface area contributed by atoms with Gasteiger partial charge in [-0.1, -0.05) is 31.2 Å². The molecule has 1 N–H and O–H groups in total. The molecule has 0 spiro atoms. The van der Waals surface area contributed by atoms with E-state index in [9.17, 15) is 4.79 Å². The first-order valence-corrected chi connectivity index (χ1v) is 9.73. The minimum Gasteiger partial charge on any atom is -0.353 e. The van der Waals surface area contributed by atoms with Crippen LogP contribution in [0.3, 0.4) is 0 Å². The van der Waals surface area contributed by atoms with Crippen molar-refractivity contribution in [2.24, 2.45) is 0 Å². The van der Waals surface area contributed by atoms with Crippen LogP contribution in [0.4, 0.5) is 0 Å². The fourth-order valence-corrected chi connectivity index (χ4v) is 3.73. The molecular weight excluding hydrogens is 324 g/mol. The van der Waals surface area contributed by atoms with E-state index in [1.54, 1.807) is 0 Å². The predicted molar refractivity (Wildman–Crippen MR) is 108 cm³/mol. The van der Waals surface area contributed by atoms with Crippen molar-refractivity contribution in [2.75, 3.05) is 53.4 Å². The van der Waals surface area contributed by atoms with Crippen LogP contribution >= 0.6 is 0 Å².